The molecular weight excluding hydrogens is 234 g/mol. The largest absolute Gasteiger partial charge is 0.480 e. The SMILES string of the molecule is CC(=O)c1sc(=S)n(C(C)C(=O)O)c1C. The van der Waals surface area contributed by atoms with Gasteiger partial charge in [0.05, 0.1) is 4.88 Å². The zero-order chi connectivity index (χ0) is 11.7. The molecule has 1 heterocycles. The lowest BCUT2D eigenvalue weighted by Crippen LogP contribution is -2.17. The van der Waals surface area contributed by atoms with Crippen LogP contribution < -0.4 is 0 Å². The van der Waals surface area contributed by atoms with E-state index in [-0.39, 0.29) is 5.78 Å². The Balaban J connectivity index is 3.38. The molecule has 0 saturated carbocycles. The number of nitrogens with zero attached hydrogens (tertiary/aromatic N) is 1. The molecule has 0 aliphatic carbocycles. The van der Waals surface area contributed by atoms with Crippen molar-refractivity contribution >= 4 is 35.3 Å². The van der Waals surface area contributed by atoms with Gasteiger partial charge in [-0.3, -0.25) is 4.79 Å². The first kappa shape index (κ1) is 12.1. The van der Waals surface area contributed by atoms with Crippen molar-refractivity contribution in [2.45, 2.75) is 26.8 Å². The van der Waals surface area contributed by atoms with Gasteiger partial charge in [-0.15, -0.1) is 11.3 Å². The molecule has 0 aromatic carbocycles. The number of carboxylic acid groups (broad SMARTS) is 1. The monoisotopic (exact) mass is 245 g/mol. The Bertz CT molecular complexity index is 472. The van der Waals surface area contributed by atoms with Crippen molar-refractivity contribution in [1.29, 1.82) is 0 Å². The van der Waals surface area contributed by atoms with Crippen LogP contribution in [0.2, 0.25) is 0 Å². The predicted molar refractivity (Wildman–Crippen MR) is 60.2 cm³/mol. The van der Waals surface area contributed by atoms with Gasteiger partial charge in [0.2, 0.25) is 0 Å². The minimum Gasteiger partial charge on any atom is -0.480 e. The molecule has 0 bridgehead atoms. The minimum atomic E-state index is -0.956. The molecule has 82 valence electrons. The van der Waals surface area contributed by atoms with E-state index < -0.39 is 12.0 Å². The maximum atomic E-state index is 11.2. The molecular formula is C9H11NO3S2. The lowest BCUT2D eigenvalue weighted by atomic mass is 10.2. The van der Waals surface area contributed by atoms with E-state index in [1.54, 1.807) is 13.8 Å². The van der Waals surface area contributed by atoms with Gasteiger partial charge < -0.3 is 9.67 Å². The maximum Gasteiger partial charge on any atom is 0.326 e. The van der Waals surface area contributed by atoms with Crippen molar-refractivity contribution in [2.75, 3.05) is 0 Å². The number of carbonyl (C=O) groups is 2. The summed E-state index contributed by atoms with van der Waals surface area (Å²) in [6, 6.07) is -0.734. The summed E-state index contributed by atoms with van der Waals surface area (Å²) >= 11 is 6.20. The van der Waals surface area contributed by atoms with Crippen molar-refractivity contribution in [1.82, 2.24) is 4.57 Å². The van der Waals surface area contributed by atoms with Crippen LogP contribution in [0.4, 0.5) is 0 Å². The highest BCUT2D eigenvalue weighted by atomic mass is 32.1. The summed E-state index contributed by atoms with van der Waals surface area (Å²) in [4.78, 5) is 22.6. The van der Waals surface area contributed by atoms with Gasteiger partial charge in [-0.2, -0.15) is 0 Å². The summed E-state index contributed by atoms with van der Waals surface area (Å²) in [5, 5.41) is 8.88. The molecule has 0 amide bonds. The van der Waals surface area contributed by atoms with Crippen molar-refractivity contribution in [3.63, 3.8) is 0 Å². The number of carbonyl (C=O) groups excluding carboxylic acids is 1. The van der Waals surface area contributed by atoms with Crippen LogP contribution in [-0.4, -0.2) is 21.4 Å². The number of carboxylic acids is 1. The number of hydrogen-bond donors (Lipinski definition) is 1. The number of hydrogen-bond acceptors (Lipinski definition) is 4. The van der Waals surface area contributed by atoms with E-state index in [1.807, 2.05) is 0 Å². The summed E-state index contributed by atoms with van der Waals surface area (Å²) in [5.41, 5.74) is 0.632. The van der Waals surface area contributed by atoms with Gasteiger partial charge in [-0.05, 0) is 26.1 Å². The van der Waals surface area contributed by atoms with Crippen LogP contribution in [0.5, 0.6) is 0 Å². The van der Waals surface area contributed by atoms with E-state index in [9.17, 15) is 9.59 Å². The first-order valence-corrected chi connectivity index (χ1v) is 5.54. The van der Waals surface area contributed by atoms with Crippen LogP contribution >= 0.6 is 23.6 Å². The molecule has 0 spiro atoms. The standard InChI is InChI=1S/C9H11NO3S2/c1-4-7(6(3)11)15-9(14)10(4)5(2)8(12)13/h5H,1-3H3,(H,12,13). The van der Waals surface area contributed by atoms with E-state index in [4.69, 9.17) is 17.3 Å². The normalized spacial score (nSPS) is 12.5. The molecule has 6 heteroatoms. The second kappa shape index (κ2) is 4.24. The summed E-state index contributed by atoms with van der Waals surface area (Å²) in [6.07, 6.45) is 0. The number of thiazole rings is 1. The third kappa shape index (κ3) is 2.15. The van der Waals surface area contributed by atoms with Crippen molar-refractivity contribution < 1.29 is 14.7 Å². The molecule has 1 unspecified atom stereocenters. The Morgan fingerprint density at radius 1 is 1.53 bits per heavy atom. The molecule has 0 saturated heterocycles. The Hall–Kier alpha value is -1.01. The van der Waals surface area contributed by atoms with Crippen molar-refractivity contribution in [3.8, 4) is 0 Å². The topological polar surface area (TPSA) is 59.3 Å². The zero-order valence-electron chi connectivity index (χ0n) is 8.60. The molecule has 0 radical (unpaired) electrons. The van der Waals surface area contributed by atoms with E-state index >= 15 is 0 Å². The molecule has 1 N–H and O–H groups in total. The van der Waals surface area contributed by atoms with E-state index in [2.05, 4.69) is 0 Å². The third-order valence-corrected chi connectivity index (χ3v) is 3.75. The Morgan fingerprint density at radius 3 is 2.40 bits per heavy atom. The van der Waals surface area contributed by atoms with Crippen LogP contribution in [0.15, 0.2) is 0 Å². The molecule has 1 aromatic rings. The van der Waals surface area contributed by atoms with Crippen LogP contribution in [0.1, 0.15) is 35.3 Å². The summed E-state index contributed by atoms with van der Waals surface area (Å²) in [7, 11) is 0. The van der Waals surface area contributed by atoms with Crippen LogP contribution in [-0.2, 0) is 4.79 Å². The lowest BCUT2D eigenvalue weighted by molar-refractivity contribution is -0.140. The molecule has 1 aromatic heterocycles. The third-order valence-electron chi connectivity index (χ3n) is 2.14. The highest BCUT2D eigenvalue weighted by molar-refractivity contribution is 7.73. The van der Waals surface area contributed by atoms with Gasteiger partial charge in [0, 0.05) is 12.6 Å². The van der Waals surface area contributed by atoms with Gasteiger partial charge in [0.25, 0.3) is 0 Å². The minimum absolute atomic E-state index is 0.0834. The number of ketones is 1. The van der Waals surface area contributed by atoms with E-state index in [0.717, 1.165) is 11.3 Å². The lowest BCUT2D eigenvalue weighted by Gasteiger charge is -2.10. The first-order chi connectivity index (χ1) is 6.86. The predicted octanol–water partition coefficient (Wildman–Crippen LogP) is 2.44. The number of aromatic nitrogens is 1. The number of Topliss-reactive ketones (excluding diaryl/α,β-unsaturated/α-hetero) is 1. The quantitative estimate of drug-likeness (QED) is 0.656. The fraction of sp³-hybridized carbons (Fsp3) is 0.444. The highest BCUT2D eigenvalue weighted by Crippen LogP contribution is 2.23. The van der Waals surface area contributed by atoms with Gasteiger partial charge in [-0.1, -0.05) is 0 Å². The number of rotatable bonds is 3. The average molecular weight is 245 g/mol. The Labute approximate surface area is 96.2 Å². The molecule has 4 nitrogen and oxygen atoms in total. The van der Waals surface area contributed by atoms with Gasteiger partial charge in [0.1, 0.15) is 6.04 Å². The Kier molecular flexibility index (Phi) is 3.41. The fourth-order valence-corrected chi connectivity index (χ4v) is 2.85. The average Bonchev–Trinajstić information content (AvgIpc) is 2.41. The molecule has 1 atom stereocenters. The van der Waals surface area contributed by atoms with Crippen LogP contribution in [0.3, 0.4) is 0 Å². The fourth-order valence-electron chi connectivity index (χ4n) is 1.34. The van der Waals surface area contributed by atoms with Gasteiger partial charge in [0.15, 0.2) is 9.74 Å². The Morgan fingerprint density at radius 2 is 2.07 bits per heavy atom. The van der Waals surface area contributed by atoms with E-state index in [1.165, 1.54) is 11.5 Å². The summed E-state index contributed by atoms with van der Waals surface area (Å²) < 4.78 is 1.92. The zero-order valence-corrected chi connectivity index (χ0v) is 10.2. The summed E-state index contributed by atoms with van der Waals surface area (Å²) in [5.74, 6) is -1.04. The molecule has 0 aliphatic rings. The van der Waals surface area contributed by atoms with E-state index in [0.29, 0.717) is 14.5 Å². The molecule has 0 fully saturated rings. The van der Waals surface area contributed by atoms with Gasteiger partial charge >= 0.3 is 5.97 Å². The molecule has 1 rings (SSSR count). The molecule has 15 heavy (non-hydrogen) atoms. The summed E-state index contributed by atoms with van der Waals surface area (Å²) in [6.45, 7) is 4.70. The first-order valence-electron chi connectivity index (χ1n) is 4.32. The van der Waals surface area contributed by atoms with Crippen molar-refractivity contribution in [3.05, 3.63) is 14.5 Å². The molecule has 0 aliphatic heterocycles. The highest BCUT2D eigenvalue weighted by Gasteiger charge is 2.20. The van der Waals surface area contributed by atoms with Crippen molar-refractivity contribution in [2.24, 2.45) is 0 Å². The second-order valence-electron chi connectivity index (χ2n) is 3.22. The van der Waals surface area contributed by atoms with Crippen LogP contribution in [0, 0.1) is 10.9 Å². The number of aliphatic carboxylic acids is 1. The maximum absolute atomic E-state index is 11.2. The van der Waals surface area contributed by atoms with Gasteiger partial charge in [-0.25, -0.2) is 4.79 Å². The smallest absolute Gasteiger partial charge is 0.326 e. The van der Waals surface area contributed by atoms with Crippen LogP contribution in [0.25, 0.3) is 0 Å². The second-order valence-corrected chi connectivity index (χ2v) is 4.87.